The van der Waals surface area contributed by atoms with E-state index < -0.39 is 0 Å². The van der Waals surface area contributed by atoms with E-state index in [1.807, 2.05) is 31.3 Å². The Bertz CT molecular complexity index is 919. The molecule has 0 bridgehead atoms. The molecule has 2 aromatic heterocycles. The predicted octanol–water partition coefficient (Wildman–Crippen LogP) is 2.36. The quantitative estimate of drug-likeness (QED) is 0.801. The molecule has 1 aliphatic heterocycles. The Balaban J connectivity index is 1.65. The highest BCUT2D eigenvalue weighted by Gasteiger charge is 2.28. The van der Waals surface area contributed by atoms with Gasteiger partial charge in [0.15, 0.2) is 0 Å². The third kappa shape index (κ3) is 2.80. The lowest BCUT2D eigenvalue weighted by Gasteiger charge is -2.23. The van der Waals surface area contributed by atoms with Gasteiger partial charge in [0.25, 0.3) is 5.56 Å². The van der Waals surface area contributed by atoms with E-state index in [1.165, 1.54) is 0 Å². The average Bonchev–Trinajstić information content (AvgIpc) is 3.05. The van der Waals surface area contributed by atoms with Crippen LogP contribution in [-0.4, -0.2) is 31.4 Å². The average molecular weight is 321 g/mol. The Morgan fingerprint density at radius 1 is 1.25 bits per heavy atom. The highest BCUT2D eigenvalue weighted by molar-refractivity contribution is 5.77. The highest BCUT2D eigenvalue weighted by Crippen LogP contribution is 2.30. The standard InChI is InChI=1S/C18H19N5O/c1-12-9-20-13(10-19-12)11-23-8-4-7-16(23)17-21-15-6-3-2-5-14(15)18(24)22-17/h2-3,5-6,9-10,16H,4,7-8,11H2,1H3,(H,21,22,24). The number of benzene rings is 1. The Kier molecular flexibility index (Phi) is 3.82. The van der Waals surface area contributed by atoms with Crippen molar-refractivity contribution in [3.05, 3.63) is 64.2 Å². The first-order valence-electron chi connectivity index (χ1n) is 8.21. The van der Waals surface area contributed by atoms with Gasteiger partial charge in [-0.15, -0.1) is 0 Å². The van der Waals surface area contributed by atoms with E-state index in [2.05, 4.69) is 19.9 Å². The van der Waals surface area contributed by atoms with Crippen LogP contribution in [0.5, 0.6) is 0 Å². The van der Waals surface area contributed by atoms with Crippen molar-refractivity contribution in [1.82, 2.24) is 24.8 Å². The second kappa shape index (κ2) is 6.13. The highest BCUT2D eigenvalue weighted by atomic mass is 16.1. The molecular weight excluding hydrogens is 302 g/mol. The van der Waals surface area contributed by atoms with Gasteiger partial charge in [0.2, 0.25) is 0 Å². The monoisotopic (exact) mass is 321 g/mol. The van der Waals surface area contributed by atoms with Crippen molar-refractivity contribution in [2.75, 3.05) is 6.54 Å². The van der Waals surface area contributed by atoms with Gasteiger partial charge < -0.3 is 4.98 Å². The lowest BCUT2D eigenvalue weighted by atomic mass is 10.2. The molecule has 3 aromatic rings. The van der Waals surface area contributed by atoms with Gasteiger partial charge in [-0.25, -0.2) is 4.98 Å². The molecule has 1 N–H and O–H groups in total. The Hall–Kier alpha value is -2.60. The van der Waals surface area contributed by atoms with Crippen LogP contribution in [0.3, 0.4) is 0 Å². The number of nitrogens with one attached hydrogen (secondary N) is 1. The molecule has 0 aliphatic carbocycles. The van der Waals surface area contributed by atoms with Crippen LogP contribution < -0.4 is 5.56 Å². The summed E-state index contributed by atoms with van der Waals surface area (Å²) in [7, 11) is 0. The van der Waals surface area contributed by atoms with Crippen molar-refractivity contribution in [1.29, 1.82) is 0 Å². The largest absolute Gasteiger partial charge is 0.309 e. The number of fused-ring (bicyclic) bond motifs is 1. The van der Waals surface area contributed by atoms with Crippen LogP contribution in [0.25, 0.3) is 10.9 Å². The van der Waals surface area contributed by atoms with Gasteiger partial charge in [-0.05, 0) is 38.4 Å². The van der Waals surface area contributed by atoms with Crippen molar-refractivity contribution in [3.8, 4) is 0 Å². The molecule has 122 valence electrons. The zero-order valence-corrected chi connectivity index (χ0v) is 13.6. The summed E-state index contributed by atoms with van der Waals surface area (Å²) in [6.45, 7) is 3.62. The van der Waals surface area contributed by atoms with Gasteiger partial charge in [-0.2, -0.15) is 0 Å². The second-order valence-corrected chi connectivity index (χ2v) is 6.25. The van der Waals surface area contributed by atoms with Gasteiger partial charge in [-0.3, -0.25) is 19.7 Å². The molecule has 0 amide bonds. The topological polar surface area (TPSA) is 74.8 Å². The number of rotatable bonds is 3. The molecule has 1 fully saturated rings. The van der Waals surface area contributed by atoms with Gasteiger partial charge >= 0.3 is 0 Å². The minimum atomic E-state index is -0.0717. The van der Waals surface area contributed by atoms with E-state index in [-0.39, 0.29) is 11.6 Å². The summed E-state index contributed by atoms with van der Waals surface area (Å²) in [5.41, 5.74) is 2.53. The molecular formula is C18H19N5O. The summed E-state index contributed by atoms with van der Waals surface area (Å²) in [5.74, 6) is 0.747. The summed E-state index contributed by atoms with van der Waals surface area (Å²) in [4.78, 5) is 31.0. The molecule has 1 unspecified atom stereocenters. The first kappa shape index (κ1) is 15.0. The lowest BCUT2D eigenvalue weighted by Crippen LogP contribution is -2.26. The van der Waals surface area contributed by atoms with Crippen LogP contribution in [0.2, 0.25) is 0 Å². The maximum Gasteiger partial charge on any atom is 0.258 e. The number of nitrogens with zero attached hydrogens (tertiary/aromatic N) is 4. The third-order valence-corrected chi connectivity index (χ3v) is 4.51. The van der Waals surface area contributed by atoms with E-state index in [9.17, 15) is 4.79 Å². The summed E-state index contributed by atoms with van der Waals surface area (Å²) in [5, 5.41) is 0.634. The minimum Gasteiger partial charge on any atom is -0.309 e. The van der Waals surface area contributed by atoms with Crippen molar-refractivity contribution >= 4 is 10.9 Å². The van der Waals surface area contributed by atoms with E-state index in [1.54, 1.807) is 12.3 Å². The van der Waals surface area contributed by atoms with E-state index in [0.29, 0.717) is 11.9 Å². The summed E-state index contributed by atoms with van der Waals surface area (Å²) in [6, 6.07) is 7.58. The number of likely N-dealkylation sites (tertiary alicyclic amines) is 1. The summed E-state index contributed by atoms with van der Waals surface area (Å²) >= 11 is 0. The maximum absolute atomic E-state index is 12.3. The smallest absolute Gasteiger partial charge is 0.258 e. The van der Waals surface area contributed by atoms with Crippen molar-refractivity contribution in [3.63, 3.8) is 0 Å². The maximum atomic E-state index is 12.3. The molecule has 3 heterocycles. The van der Waals surface area contributed by atoms with Crippen LogP contribution in [0.15, 0.2) is 41.5 Å². The number of H-pyrrole nitrogens is 1. The number of hydrogen-bond acceptors (Lipinski definition) is 5. The Morgan fingerprint density at radius 3 is 2.96 bits per heavy atom. The van der Waals surface area contributed by atoms with Crippen LogP contribution in [0, 0.1) is 6.92 Å². The number of aryl methyl sites for hydroxylation is 1. The SMILES string of the molecule is Cc1cnc(CN2CCCC2c2nc3ccccc3c(=O)[nH]2)cn1. The summed E-state index contributed by atoms with van der Waals surface area (Å²) < 4.78 is 0. The van der Waals surface area contributed by atoms with Crippen LogP contribution >= 0.6 is 0 Å². The van der Waals surface area contributed by atoms with Crippen molar-refractivity contribution in [2.24, 2.45) is 0 Å². The fourth-order valence-electron chi connectivity index (χ4n) is 3.30. The van der Waals surface area contributed by atoms with Crippen LogP contribution in [-0.2, 0) is 6.54 Å². The molecule has 0 spiro atoms. The number of aromatic nitrogens is 4. The predicted molar refractivity (Wildman–Crippen MR) is 91.5 cm³/mol. The minimum absolute atomic E-state index is 0.0717. The molecule has 1 aromatic carbocycles. The van der Waals surface area contributed by atoms with E-state index in [0.717, 1.165) is 42.1 Å². The molecule has 1 atom stereocenters. The molecule has 0 saturated carbocycles. The normalized spacial score (nSPS) is 18.3. The van der Waals surface area contributed by atoms with Gasteiger partial charge in [0, 0.05) is 18.9 Å². The Morgan fingerprint density at radius 2 is 2.12 bits per heavy atom. The molecule has 0 radical (unpaired) electrons. The first-order chi connectivity index (χ1) is 11.7. The van der Waals surface area contributed by atoms with Gasteiger partial charge in [0.05, 0.1) is 28.3 Å². The first-order valence-corrected chi connectivity index (χ1v) is 8.21. The van der Waals surface area contributed by atoms with Crippen molar-refractivity contribution in [2.45, 2.75) is 32.4 Å². The van der Waals surface area contributed by atoms with Gasteiger partial charge in [-0.1, -0.05) is 12.1 Å². The molecule has 6 heteroatoms. The van der Waals surface area contributed by atoms with E-state index >= 15 is 0 Å². The molecule has 24 heavy (non-hydrogen) atoms. The van der Waals surface area contributed by atoms with Crippen molar-refractivity contribution < 1.29 is 0 Å². The molecule has 1 saturated heterocycles. The molecule has 4 rings (SSSR count). The fourth-order valence-corrected chi connectivity index (χ4v) is 3.30. The zero-order chi connectivity index (χ0) is 16.5. The summed E-state index contributed by atoms with van der Waals surface area (Å²) in [6.07, 6.45) is 5.68. The second-order valence-electron chi connectivity index (χ2n) is 6.25. The molecule has 6 nitrogen and oxygen atoms in total. The Labute approximate surface area is 139 Å². The van der Waals surface area contributed by atoms with Crippen LogP contribution in [0.4, 0.5) is 0 Å². The number of para-hydroxylation sites is 1. The zero-order valence-electron chi connectivity index (χ0n) is 13.6. The number of hydrogen-bond donors (Lipinski definition) is 1. The number of aromatic amines is 1. The van der Waals surface area contributed by atoms with Gasteiger partial charge in [0.1, 0.15) is 5.82 Å². The third-order valence-electron chi connectivity index (χ3n) is 4.51. The lowest BCUT2D eigenvalue weighted by molar-refractivity contribution is 0.237. The fraction of sp³-hybridized carbons (Fsp3) is 0.333. The van der Waals surface area contributed by atoms with E-state index in [4.69, 9.17) is 4.98 Å². The van der Waals surface area contributed by atoms with Crippen LogP contribution in [0.1, 0.15) is 36.1 Å². The molecule has 1 aliphatic rings.